The Bertz CT molecular complexity index is 709. The first-order valence-corrected chi connectivity index (χ1v) is 6.52. The molecule has 0 amide bonds. The predicted molar refractivity (Wildman–Crippen MR) is 78.2 cm³/mol. The normalized spacial score (nSPS) is 10.4. The Morgan fingerprint density at radius 1 is 1.38 bits per heavy atom. The Hall–Kier alpha value is -2.34. The van der Waals surface area contributed by atoms with Gasteiger partial charge in [0.2, 0.25) is 5.78 Å². The summed E-state index contributed by atoms with van der Waals surface area (Å²) in [5, 5.41) is 10.7. The minimum absolute atomic E-state index is 0.0963. The van der Waals surface area contributed by atoms with Crippen LogP contribution in [0.5, 0.6) is 5.75 Å². The molecule has 2 aromatic rings. The van der Waals surface area contributed by atoms with Gasteiger partial charge in [0.15, 0.2) is 6.61 Å². The molecule has 21 heavy (non-hydrogen) atoms. The van der Waals surface area contributed by atoms with Crippen molar-refractivity contribution < 1.29 is 14.5 Å². The van der Waals surface area contributed by atoms with Crippen molar-refractivity contribution in [2.24, 2.45) is 0 Å². The molecule has 0 spiro atoms. The van der Waals surface area contributed by atoms with E-state index in [4.69, 9.17) is 16.3 Å². The van der Waals surface area contributed by atoms with E-state index in [1.165, 1.54) is 18.2 Å². The van der Waals surface area contributed by atoms with Crippen LogP contribution in [-0.4, -0.2) is 22.3 Å². The summed E-state index contributed by atoms with van der Waals surface area (Å²) in [6, 6.07) is 5.59. The molecule has 0 aliphatic rings. The van der Waals surface area contributed by atoms with Crippen LogP contribution in [-0.2, 0) is 0 Å². The number of hydrogen-bond acceptors (Lipinski definition) is 4. The number of non-ortho nitro benzene ring substituents is 1. The Morgan fingerprint density at radius 3 is 2.62 bits per heavy atom. The van der Waals surface area contributed by atoms with Crippen molar-refractivity contribution in [2.75, 3.05) is 6.61 Å². The van der Waals surface area contributed by atoms with Gasteiger partial charge in [-0.05, 0) is 26.0 Å². The van der Waals surface area contributed by atoms with Crippen molar-refractivity contribution in [3.8, 4) is 5.75 Å². The van der Waals surface area contributed by atoms with Gasteiger partial charge in [0.25, 0.3) is 5.69 Å². The molecule has 0 unspecified atom stereocenters. The van der Waals surface area contributed by atoms with Gasteiger partial charge in [-0.1, -0.05) is 11.6 Å². The maximum Gasteiger partial charge on any atom is 0.271 e. The first-order valence-electron chi connectivity index (χ1n) is 6.14. The van der Waals surface area contributed by atoms with Gasteiger partial charge in [-0.25, -0.2) is 0 Å². The largest absolute Gasteiger partial charge is 0.484 e. The zero-order valence-electron chi connectivity index (χ0n) is 11.5. The third kappa shape index (κ3) is 3.41. The molecule has 0 fully saturated rings. The molecule has 0 aliphatic carbocycles. The third-order valence-corrected chi connectivity index (χ3v) is 3.23. The molecule has 7 heteroatoms. The molecule has 0 bridgehead atoms. The van der Waals surface area contributed by atoms with E-state index in [0.717, 1.165) is 11.4 Å². The van der Waals surface area contributed by atoms with Gasteiger partial charge >= 0.3 is 0 Å². The van der Waals surface area contributed by atoms with Crippen molar-refractivity contribution in [1.29, 1.82) is 0 Å². The molecule has 0 radical (unpaired) electrons. The van der Waals surface area contributed by atoms with Crippen LogP contribution in [0, 0.1) is 24.0 Å². The number of ketones is 1. The number of aromatic amines is 1. The van der Waals surface area contributed by atoms with Gasteiger partial charge in [0, 0.05) is 29.1 Å². The molecule has 1 aromatic heterocycles. The number of benzene rings is 1. The van der Waals surface area contributed by atoms with E-state index < -0.39 is 4.92 Å². The Kier molecular flexibility index (Phi) is 4.28. The van der Waals surface area contributed by atoms with Crippen molar-refractivity contribution in [3.05, 3.63) is 56.4 Å². The van der Waals surface area contributed by atoms with Gasteiger partial charge in [-0.15, -0.1) is 0 Å². The standard InChI is InChI=1S/C14H13ClN2O4/c1-8-5-11(9(2)16-8)13(18)7-21-14-4-3-10(17(19)20)6-12(14)15/h3-6,16H,7H2,1-2H3. The van der Waals surface area contributed by atoms with Gasteiger partial charge in [-0.2, -0.15) is 0 Å². The monoisotopic (exact) mass is 308 g/mol. The number of H-pyrrole nitrogens is 1. The van der Waals surface area contributed by atoms with Crippen molar-refractivity contribution in [2.45, 2.75) is 13.8 Å². The highest BCUT2D eigenvalue weighted by Crippen LogP contribution is 2.28. The van der Waals surface area contributed by atoms with Crippen LogP contribution in [0.4, 0.5) is 5.69 Å². The van der Waals surface area contributed by atoms with Crippen LogP contribution in [0.25, 0.3) is 0 Å². The number of rotatable bonds is 5. The Balaban J connectivity index is 2.08. The molecule has 2 rings (SSSR count). The SMILES string of the molecule is Cc1cc(C(=O)COc2ccc([N+](=O)[O-])cc2Cl)c(C)[nH]1. The highest BCUT2D eigenvalue weighted by atomic mass is 35.5. The molecule has 6 nitrogen and oxygen atoms in total. The lowest BCUT2D eigenvalue weighted by Gasteiger charge is -2.07. The first-order chi connectivity index (χ1) is 9.88. The van der Waals surface area contributed by atoms with E-state index in [-0.39, 0.29) is 28.8 Å². The van der Waals surface area contributed by atoms with Gasteiger partial charge in [-0.3, -0.25) is 14.9 Å². The number of nitro benzene ring substituents is 1. The summed E-state index contributed by atoms with van der Waals surface area (Å²) < 4.78 is 5.33. The second-order valence-electron chi connectivity index (χ2n) is 4.57. The molecular formula is C14H13ClN2O4. The van der Waals surface area contributed by atoms with Crippen LogP contribution in [0.1, 0.15) is 21.7 Å². The van der Waals surface area contributed by atoms with Crippen LogP contribution >= 0.6 is 11.6 Å². The number of nitro groups is 1. The van der Waals surface area contributed by atoms with E-state index in [1.54, 1.807) is 13.0 Å². The number of carbonyl (C=O) groups excluding carboxylic acids is 1. The Morgan fingerprint density at radius 2 is 2.10 bits per heavy atom. The maximum atomic E-state index is 12.0. The molecule has 0 saturated carbocycles. The number of nitrogens with zero attached hydrogens (tertiary/aromatic N) is 1. The van der Waals surface area contributed by atoms with E-state index in [2.05, 4.69) is 4.98 Å². The predicted octanol–water partition coefficient (Wildman–Crippen LogP) is 3.45. The lowest BCUT2D eigenvalue weighted by molar-refractivity contribution is -0.384. The summed E-state index contributed by atoms with van der Waals surface area (Å²) in [6.07, 6.45) is 0. The second kappa shape index (κ2) is 5.97. The molecule has 110 valence electrons. The zero-order valence-corrected chi connectivity index (χ0v) is 12.2. The van der Waals surface area contributed by atoms with Gasteiger partial charge in [0.05, 0.1) is 9.95 Å². The quantitative estimate of drug-likeness (QED) is 0.521. The number of Topliss-reactive ketones (excluding diaryl/α,β-unsaturated/α-hetero) is 1. The Labute approximate surface area is 125 Å². The summed E-state index contributed by atoms with van der Waals surface area (Å²) >= 11 is 5.89. The van der Waals surface area contributed by atoms with E-state index >= 15 is 0 Å². The lowest BCUT2D eigenvalue weighted by Crippen LogP contribution is -2.12. The molecule has 0 aliphatic heterocycles. The van der Waals surface area contributed by atoms with E-state index in [0.29, 0.717) is 5.56 Å². The minimum Gasteiger partial charge on any atom is -0.484 e. The summed E-state index contributed by atoms with van der Waals surface area (Å²) in [6.45, 7) is 3.48. The highest BCUT2D eigenvalue weighted by Gasteiger charge is 2.15. The number of halogens is 1. The van der Waals surface area contributed by atoms with Crippen molar-refractivity contribution in [3.63, 3.8) is 0 Å². The number of aryl methyl sites for hydroxylation is 2. The zero-order chi connectivity index (χ0) is 15.6. The minimum atomic E-state index is -0.549. The van der Waals surface area contributed by atoms with Crippen LogP contribution in [0.2, 0.25) is 5.02 Å². The van der Waals surface area contributed by atoms with Crippen LogP contribution < -0.4 is 4.74 Å². The van der Waals surface area contributed by atoms with Crippen molar-refractivity contribution in [1.82, 2.24) is 4.98 Å². The third-order valence-electron chi connectivity index (χ3n) is 2.93. The first kappa shape index (κ1) is 15.1. The summed E-state index contributed by atoms with van der Waals surface area (Å²) in [7, 11) is 0. The number of ether oxygens (including phenoxy) is 1. The smallest absolute Gasteiger partial charge is 0.271 e. The lowest BCUT2D eigenvalue weighted by atomic mass is 10.1. The van der Waals surface area contributed by atoms with Gasteiger partial charge < -0.3 is 9.72 Å². The number of hydrogen-bond donors (Lipinski definition) is 1. The number of aromatic nitrogens is 1. The van der Waals surface area contributed by atoms with Gasteiger partial charge in [0.1, 0.15) is 5.75 Å². The second-order valence-corrected chi connectivity index (χ2v) is 4.98. The van der Waals surface area contributed by atoms with E-state index in [9.17, 15) is 14.9 Å². The topological polar surface area (TPSA) is 85.2 Å². The molecule has 1 aromatic carbocycles. The van der Waals surface area contributed by atoms with Crippen LogP contribution in [0.15, 0.2) is 24.3 Å². The number of carbonyl (C=O) groups is 1. The fourth-order valence-corrected chi connectivity index (χ4v) is 2.18. The van der Waals surface area contributed by atoms with Crippen LogP contribution in [0.3, 0.4) is 0 Å². The fourth-order valence-electron chi connectivity index (χ4n) is 1.95. The molecule has 1 heterocycles. The highest BCUT2D eigenvalue weighted by molar-refractivity contribution is 6.32. The maximum absolute atomic E-state index is 12.0. The summed E-state index contributed by atoms with van der Waals surface area (Å²) in [5.41, 5.74) is 2.10. The fraction of sp³-hybridized carbons (Fsp3) is 0.214. The number of nitrogens with one attached hydrogen (secondary N) is 1. The summed E-state index contributed by atoms with van der Waals surface area (Å²) in [4.78, 5) is 25.1. The average molecular weight is 309 g/mol. The average Bonchev–Trinajstić information content (AvgIpc) is 2.75. The molecule has 0 saturated heterocycles. The molecule has 0 atom stereocenters. The van der Waals surface area contributed by atoms with E-state index in [1.807, 2.05) is 6.92 Å². The molecule has 1 N–H and O–H groups in total. The van der Waals surface area contributed by atoms with Crippen molar-refractivity contribution >= 4 is 23.1 Å². The summed E-state index contributed by atoms with van der Waals surface area (Å²) in [5.74, 6) is 0.0480. The molecular weight excluding hydrogens is 296 g/mol.